The SMILES string of the molecule is CC(C)c1nc(CN(CCO)CCO)cs1. The summed E-state index contributed by atoms with van der Waals surface area (Å²) in [5.41, 5.74) is 1.02. The van der Waals surface area contributed by atoms with Crippen molar-refractivity contribution in [3.8, 4) is 0 Å². The van der Waals surface area contributed by atoms with Crippen LogP contribution in [0.4, 0.5) is 0 Å². The van der Waals surface area contributed by atoms with Crippen LogP contribution >= 0.6 is 11.3 Å². The second kappa shape index (κ2) is 6.96. The minimum atomic E-state index is 0.112. The predicted octanol–water partition coefficient (Wildman–Crippen LogP) is 1.05. The molecule has 0 aliphatic carbocycles. The molecule has 5 heteroatoms. The van der Waals surface area contributed by atoms with Crippen molar-refractivity contribution in [1.29, 1.82) is 0 Å². The van der Waals surface area contributed by atoms with Gasteiger partial charge in [0.25, 0.3) is 0 Å². The Balaban J connectivity index is 2.55. The van der Waals surface area contributed by atoms with Gasteiger partial charge in [0.05, 0.1) is 23.9 Å². The highest BCUT2D eigenvalue weighted by atomic mass is 32.1. The second-order valence-electron chi connectivity index (χ2n) is 4.06. The van der Waals surface area contributed by atoms with Gasteiger partial charge in [0.2, 0.25) is 0 Å². The predicted molar refractivity (Wildman–Crippen MR) is 65.7 cm³/mol. The Labute approximate surface area is 101 Å². The van der Waals surface area contributed by atoms with Crippen molar-refractivity contribution < 1.29 is 10.2 Å². The molecule has 0 unspecified atom stereocenters. The normalized spacial score (nSPS) is 11.6. The zero-order valence-electron chi connectivity index (χ0n) is 9.89. The van der Waals surface area contributed by atoms with E-state index in [2.05, 4.69) is 24.2 Å². The van der Waals surface area contributed by atoms with Gasteiger partial charge < -0.3 is 10.2 Å². The summed E-state index contributed by atoms with van der Waals surface area (Å²) in [6.45, 7) is 6.33. The summed E-state index contributed by atoms with van der Waals surface area (Å²) in [6, 6.07) is 0. The number of hydrogen-bond acceptors (Lipinski definition) is 5. The lowest BCUT2D eigenvalue weighted by Crippen LogP contribution is -2.29. The smallest absolute Gasteiger partial charge is 0.0954 e. The van der Waals surface area contributed by atoms with Crippen molar-refractivity contribution in [3.63, 3.8) is 0 Å². The van der Waals surface area contributed by atoms with Crippen molar-refractivity contribution in [3.05, 3.63) is 16.1 Å². The first kappa shape index (κ1) is 13.6. The van der Waals surface area contributed by atoms with E-state index in [-0.39, 0.29) is 13.2 Å². The van der Waals surface area contributed by atoms with Crippen LogP contribution in [0.15, 0.2) is 5.38 Å². The van der Waals surface area contributed by atoms with Crippen LogP contribution in [0.2, 0.25) is 0 Å². The molecule has 4 nitrogen and oxygen atoms in total. The van der Waals surface area contributed by atoms with Gasteiger partial charge in [-0.25, -0.2) is 4.98 Å². The fourth-order valence-electron chi connectivity index (χ4n) is 1.44. The summed E-state index contributed by atoms with van der Waals surface area (Å²) in [4.78, 5) is 6.53. The van der Waals surface area contributed by atoms with Crippen LogP contribution in [0.5, 0.6) is 0 Å². The highest BCUT2D eigenvalue weighted by Crippen LogP contribution is 2.19. The Morgan fingerprint density at radius 3 is 2.38 bits per heavy atom. The lowest BCUT2D eigenvalue weighted by molar-refractivity contribution is 0.155. The summed E-state index contributed by atoms with van der Waals surface area (Å²) in [7, 11) is 0. The molecule has 1 aromatic rings. The van der Waals surface area contributed by atoms with Crippen LogP contribution in [-0.4, -0.2) is 46.4 Å². The van der Waals surface area contributed by atoms with E-state index in [0.717, 1.165) is 10.7 Å². The van der Waals surface area contributed by atoms with E-state index in [4.69, 9.17) is 10.2 Å². The zero-order valence-corrected chi connectivity index (χ0v) is 10.7. The van der Waals surface area contributed by atoms with E-state index in [1.165, 1.54) is 0 Å². The standard InChI is InChI=1S/C11H20N2O2S/c1-9(2)11-12-10(8-16-11)7-13(3-5-14)4-6-15/h8-9,14-15H,3-7H2,1-2H3. The molecule has 2 N–H and O–H groups in total. The molecule has 16 heavy (non-hydrogen) atoms. The third-order valence-corrected chi connectivity index (χ3v) is 3.48. The highest BCUT2D eigenvalue weighted by Gasteiger charge is 2.09. The van der Waals surface area contributed by atoms with Gasteiger partial charge in [0, 0.05) is 30.9 Å². The molecule has 0 aromatic carbocycles. The summed E-state index contributed by atoms with van der Waals surface area (Å²) in [5, 5.41) is 21.0. The van der Waals surface area contributed by atoms with E-state index in [9.17, 15) is 0 Å². The van der Waals surface area contributed by atoms with Crippen LogP contribution in [0.1, 0.15) is 30.5 Å². The highest BCUT2D eigenvalue weighted by molar-refractivity contribution is 7.09. The molecule has 1 rings (SSSR count). The quantitative estimate of drug-likeness (QED) is 0.753. The fraction of sp³-hybridized carbons (Fsp3) is 0.727. The average molecular weight is 244 g/mol. The van der Waals surface area contributed by atoms with Crippen LogP contribution in [0.25, 0.3) is 0 Å². The van der Waals surface area contributed by atoms with Crippen molar-refractivity contribution in [2.24, 2.45) is 0 Å². The van der Waals surface area contributed by atoms with E-state index >= 15 is 0 Å². The first-order valence-electron chi connectivity index (χ1n) is 5.55. The Kier molecular flexibility index (Phi) is 5.90. The molecule has 1 aromatic heterocycles. The minimum Gasteiger partial charge on any atom is -0.395 e. The molecule has 0 fully saturated rings. The van der Waals surface area contributed by atoms with Gasteiger partial charge in [-0.15, -0.1) is 11.3 Å². The molecule has 92 valence electrons. The Hall–Kier alpha value is -0.490. The Morgan fingerprint density at radius 2 is 1.94 bits per heavy atom. The van der Waals surface area contributed by atoms with E-state index in [1.807, 2.05) is 4.90 Å². The average Bonchev–Trinajstić information content (AvgIpc) is 2.67. The molecule has 0 atom stereocenters. The summed E-state index contributed by atoms with van der Waals surface area (Å²) >= 11 is 1.67. The van der Waals surface area contributed by atoms with Crippen LogP contribution in [0.3, 0.4) is 0 Å². The van der Waals surface area contributed by atoms with E-state index in [0.29, 0.717) is 25.6 Å². The Morgan fingerprint density at radius 1 is 1.31 bits per heavy atom. The number of aliphatic hydroxyl groups excluding tert-OH is 2. The van der Waals surface area contributed by atoms with Gasteiger partial charge in [0.1, 0.15) is 0 Å². The molecule has 1 heterocycles. The maximum absolute atomic E-state index is 8.89. The van der Waals surface area contributed by atoms with E-state index < -0.39 is 0 Å². The van der Waals surface area contributed by atoms with Crippen molar-refractivity contribution in [2.45, 2.75) is 26.3 Å². The number of rotatable bonds is 7. The minimum absolute atomic E-state index is 0.112. The van der Waals surface area contributed by atoms with Crippen LogP contribution in [-0.2, 0) is 6.54 Å². The van der Waals surface area contributed by atoms with Gasteiger partial charge in [-0.1, -0.05) is 13.8 Å². The van der Waals surface area contributed by atoms with Crippen LogP contribution in [0, 0.1) is 0 Å². The van der Waals surface area contributed by atoms with Gasteiger partial charge in [-0.3, -0.25) is 4.90 Å². The fourth-order valence-corrected chi connectivity index (χ4v) is 2.27. The number of aromatic nitrogens is 1. The van der Waals surface area contributed by atoms with Gasteiger partial charge >= 0.3 is 0 Å². The molecule has 0 amide bonds. The van der Waals surface area contributed by atoms with E-state index in [1.54, 1.807) is 11.3 Å². The number of thiazole rings is 1. The molecular formula is C11H20N2O2S. The van der Waals surface area contributed by atoms with Gasteiger partial charge in [0.15, 0.2) is 0 Å². The third kappa shape index (κ3) is 4.17. The molecule has 0 saturated carbocycles. The maximum atomic E-state index is 8.89. The first-order chi connectivity index (χ1) is 7.67. The van der Waals surface area contributed by atoms with Crippen molar-refractivity contribution >= 4 is 11.3 Å². The first-order valence-corrected chi connectivity index (χ1v) is 6.43. The zero-order chi connectivity index (χ0) is 12.0. The second-order valence-corrected chi connectivity index (χ2v) is 4.94. The molecule has 0 radical (unpaired) electrons. The lowest BCUT2D eigenvalue weighted by atomic mass is 10.2. The lowest BCUT2D eigenvalue weighted by Gasteiger charge is -2.18. The largest absolute Gasteiger partial charge is 0.395 e. The van der Waals surface area contributed by atoms with Crippen molar-refractivity contribution in [2.75, 3.05) is 26.3 Å². The van der Waals surface area contributed by atoms with Gasteiger partial charge in [-0.05, 0) is 0 Å². The Bertz CT molecular complexity index is 296. The topological polar surface area (TPSA) is 56.6 Å². The van der Waals surface area contributed by atoms with Crippen molar-refractivity contribution in [1.82, 2.24) is 9.88 Å². The number of hydrogen-bond donors (Lipinski definition) is 2. The summed E-state index contributed by atoms with van der Waals surface area (Å²) < 4.78 is 0. The summed E-state index contributed by atoms with van der Waals surface area (Å²) in [6.07, 6.45) is 0. The number of nitrogens with zero attached hydrogens (tertiary/aromatic N) is 2. The van der Waals surface area contributed by atoms with Gasteiger partial charge in [-0.2, -0.15) is 0 Å². The molecule has 0 spiro atoms. The third-order valence-electron chi connectivity index (χ3n) is 2.28. The molecule has 0 saturated heterocycles. The maximum Gasteiger partial charge on any atom is 0.0954 e. The monoisotopic (exact) mass is 244 g/mol. The number of aliphatic hydroxyl groups is 2. The molecule has 0 bridgehead atoms. The summed E-state index contributed by atoms with van der Waals surface area (Å²) in [5.74, 6) is 0.461. The molecule has 0 aliphatic rings. The van der Waals surface area contributed by atoms with Crippen LogP contribution < -0.4 is 0 Å². The molecule has 0 aliphatic heterocycles. The molecular weight excluding hydrogens is 224 g/mol.